The van der Waals surface area contributed by atoms with Crippen LogP contribution in [0.25, 0.3) is 11.3 Å². The fraction of sp³-hybridized carbons (Fsp3) is 0.227. The minimum absolute atomic E-state index is 0.0233. The summed E-state index contributed by atoms with van der Waals surface area (Å²) >= 11 is 0. The molecule has 1 aromatic heterocycles. The average molecular weight is 440 g/mol. The van der Waals surface area contributed by atoms with Crippen LogP contribution in [-0.2, 0) is 9.09 Å². The number of hydrogen-bond donors (Lipinski definition) is 2. The van der Waals surface area contributed by atoms with Crippen LogP contribution in [0.2, 0.25) is 0 Å². The maximum absolute atomic E-state index is 12.7. The zero-order valence-electron chi connectivity index (χ0n) is 17.7. The van der Waals surface area contributed by atoms with Crippen molar-refractivity contribution in [3.63, 3.8) is 0 Å². The molecule has 162 valence electrons. The standard InChI is InChI=1S/C22H25N4O4P/c1-4-30-31(3,28)14-29-18-11-9-17(10-12-18)25-22(27)20-21(23)24-13-19(26-20)16-7-5-15(2)6-8-16/h5-13H,4,14H2,1-3H3,(H2,23,24)(H,25,27). The van der Waals surface area contributed by atoms with Gasteiger partial charge in [0.15, 0.2) is 17.9 Å². The number of aryl methyl sites for hydroxylation is 1. The summed E-state index contributed by atoms with van der Waals surface area (Å²) in [6.07, 6.45) is 1.52. The lowest BCUT2D eigenvalue weighted by molar-refractivity contribution is 0.102. The van der Waals surface area contributed by atoms with Gasteiger partial charge in [0.05, 0.1) is 18.5 Å². The van der Waals surface area contributed by atoms with Crippen LogP contribution in [0.15, 0.2) is 54.7 Å². The lowest BCUT2D eigenvalue weighted by Gasteiger charge is -2.14. The molecule has 2 aromatic carbocycles. The first-order valence-corrected chi connectivity index (χ1v) is 12.0. The molecule has 31 heavy (non-hydrogen) atoms. The Morgan fingerprint density at radius 1 is 1.13 bits per heavy atom. The first kappa shape index (κ1) is 22.5. The molecule has 1 unspecified atom stereocenters. The normalized spacial score (nSPS) is 12.7. The van der Waals surface area contributed by atoms with Gasteiger partial charge in [0.2, 0.25) is 7.37 Å². The van der Waals surface area contributed by atoms with Gasteiger partial charge in [0, 0.05) is 17.9 Å². The van der Waals surface area contributed by atoms with Gasteiger partial charge in [0.1, 0.15) is 5.75 Å². The lowest BCUT2D eigenvalue weighted by atomic mass is 10.1. The van der Waals surface area contributed by atoms with Gasteiger partial charge in [-0.25, -0.2) is 9.97 Å². The van der Waals surface area contributed by atoms with Crippen LogP contribution in [0.5, 0.6) is 5.75 Å². The number of aromatic nitrogens is 2. The van der Waals surface area contributed by atoms with Gasteiger partial charge in [-0.1, -0.05) is 29.8 Å². The van der Waals surface area contributed by atoms with E-state index < -0.39 is 13.3 Å². The van der Waals surface area contributed by atoms with Crippen molar-refractivity contribution in [3.8, 4) is 17.0 Å². The van der Waals surface area contributed by atoms with E-state index in [9.17, 15) is 9.36 Å². The number of hydrogen-bond acceptors (Lipinski definition) is 7. The Hall–Kier alpha value is -3.22. The number of benzene rings is 2. The van der Waals surface area contributed by atoms with Gasteiger partial charge in [-0.05, 0) is 38.1 Å². The number of amides is 1. The Balaban J connectivity index is 1.69. The Bertz CT molecular complexity index is 1100. The molecule has 3 aromatic rings. The molecule has 3 N–H and O–H groups in total. The highest BCUT2D eigenvalue weighted by Crippen LogP contribution is 2.42. The number of carbonyl (C=O) groups is 1. The van der Waals surface area contributed by atoms with Crippen molar-refractivity contribution in [2.75, 3.05) is 30.7 Å². The molecule has 0 saturated heterocycles. The van der Waals surface area contributed by atoms with Crippen LogP contribution in [0, 0.1) is 6.92 Å². The van der Waals surface area contributed by atoms with Crippen LogP contribution in [0.3, 0.4) is 0 Å². The van der Waals surface area contributed by atoms with Gasteiger partial charge in [0.25, 0.3) is 5.91 Å². The molecule has 1 amide bonds. The first-order chi connectivity index (χ1) is 14.8. The Morgan fingerprint density at radius 3 is 2.45 bits per heavy atom. The number of ether oxygens (including phenoxy) is 1. The summed E-state index contributed by atoms with van der Waals surface area (Å²) < 4.78 is 22.8. The van der Waals surface area contributed by atoms with E-state index in [0.29, 0.717) is 23.7 Å². The Morgan fingerprint density at radius 2 is 1.81 bits per heavy atom. The Kier molecular flexibility index (Phi) is 7.05. The number of rotatable bonds is 8. The summed E-state index contributed by atoms with van der Waals surface area (Å²) in [7, 11) is -2.79. The van der Waals surface area contributed by atoms with Gasteiger partial charge in [-0.3, -0.25) is 9.36 Å². The van der Waals surface area contributed by atoms with Gasteiger partial charge >= 0.3 is 0 Å². The van der Waals surface area contributed by atoms with E-state index in [1.54, 1.807) is 31.2 Å². The predicted octanol–water partition coefficient (Wildman–Crippen LogP) is 4.57. The molecule has 0 spiro atoms. The molecule has 1 heterocycles. The highest BCUT2D eigenvalue weighted by molar-refractivity contribution is 7.57. The second-order valence-electron chi connectivity index (χ2n) is 7.04. The zero-order valence-corrected chi connectivity index (χ0v) is 18.6. The quantitative estimate of drug-likeness (QED) is 0.493. The fourth-order valence-electron chi connectivity index (χ4n) is 2.76. The fourth-order valence-corrected chi connectivity index (χ4v) is 3.76. The summed E-state index contributed by atoms with van der Waals surface area (Å²) in [6.45, 7) is 5.66. The zero-order chi connectivity index (χ0) is 22.4. The minimum atomic E-state index is -2.79. The Labute approximate surface area is 181 Å². The minimum Gasteiger partial charge on any atom is -0.484 e. The molecule has 0 aliphatic carbocycles. The molecule has 8 nitrogen and oxygen atoms in total. The summed E-state index contributed by atoms with van der Waals surface area (Å²) in [4.78, 5) is 21.2. The van der Waals surface area contributed by atoms with E-state index in [2.05, 4.69) is 15.3 Å². The average Bonchev–Trinajstić information content (AvgIpc) is 2.74. The van der Waals surface area contributed by atoms with Gasteiger partial charge in [-0.2, -0.15) is 0 Å². The van der Waals surface area contributed by atoms with E-state index in [1.807, 2.05) is 31.2 Å². The SMILES string of the molecule is CCOP(C)(=O)COc1ccc(NC(=O)c2nc(-c3ccc(C)cc3)cnc2N)cc1. The van der Waals surface area contributed by atoms with Crippen molar-refractivity contribution < 1.29 is 18.6 Å². The topological polar surface area (TPSA) is 116 Å². The van der Waals surface area contributed by atoms with E-state index in [0.717, 1.165) is 11.1 Å². The molecular weight excluding hydrogens is 415 g/mol. The third kappa shape index (κ3) is 6.13. The number of nitrogens with zero attached hydrogens (tertiary/aromatic N) is 2. The number of nitrogens with one attached hydrogen (secondary N) is 1. The highest BCUT2D eigenvalue weighted by Gasteiger charge is 2.17. The van der Waals surface area contributed by atoms with Crippen LogP contribution in [0.1, 0.15) is 23.0 Å². The molecule has 3 rings (SSSR count). The van der Waals surface area contributed by atoms with Crippen molar-refractivity contribution in [3.05, 3.63) is 66.0 Å². The first-order valence-electron chi connectivity index (χ1n) is 9.72. The highest BCUT2D eigenvalue weighted by atomic mass is 31.2. The van der Waals surface area contributed by atoms with Crippen molar-refractivity contribution in [1.82, 2.24) is 9.97 Å². The molecule has 0 aliphatic heterocycles. The third-order valence-electron chi connectivity index (χ3n) is 4.34. The summed E-state index contributed by atoms with van der Waals surface area (Å²) in [5.41, 5.74) is 8.98. The monoisotopic (exact) mass is 440 g/mol. The third-order valence-corrected chi connectivity index (χ3v) is 5.75. The largest absolute Gasteiger partial charge is 0.484 e. The van der Waals surface area contributed by atoms with Crippen LogP contribution in [-0.4, -0.2) is 35.5 Å². The van der Waals surface area contributed by atoms with Crippen molar-refractivity contribution in [2.24, 2.45) is 0 Å². The van der Waals surface area contributed by atoms with Crippen LogP contribution in [0.4, 0.5) is 11.5 Å². The summed E-state index contributed by atoms with van der Waals surface area (Å²) in [5.74, 6) is 0.0884. The van der Waals surface area contributed by atoms with Gasteiger partial charge < -0.3 is 20.3 Å². The maximum Gasteiger partial charge on any atom is 0.278 e. The van der Waals surface area contributed by atoms with Gasteiger partial charge in [-0.15, -0.1) is 0 Å². The second-order valence-corrected chi connectivity index (χ2v) is 9.58. The lowest BCUT2D eigenvalue weighted by Crippen LogP contribution is -2.17. The second kappa shape index (κ2) is 9.73. The molecule has 9 heteroatoms. The van der Waals surface area contributed by atoms with Crippen LogP contribution < -0.4 is 15.8 Å². The predicted molar refractivity (Wildman–Crippen MR) is 122 cm³/mol. The van der Waals surface area contributed by atoms with E-state index in [1.165, 1.54) is 12.9 Å². The molecular formula is C22H25N4O4P. The van der Waals surface area contributed by atoms with Crippen molar-refractivity contribution in [2.45, 2.75) is 13.8 Å². The maximum atomic E-state index is 12.7. The number of carbonyl (C=O) groups excluding carboxylic acids is 1. The molecule has 1 atom stereocenters. The number of anilines is 2. The molecule has 0 aliphatic rings. The number of nitrogen functional groups attached to an aromatic ring is 1. The molecule has 0 bridgehead atoms. The van der Waals surface area contributed by atoms with Crippen LogP contribution >= 0.6 is 7.37 Å². The van der Waals surface area contributed by atoms with Crippen molar-refractivity contribution >= 4 is 24.8 Å². The molecule has 0 saturated carbocycles. The van der Waals surface area contributed by atoms with E-state index >= 15 is 0 Å². The smallest absolute Gasteiger partial charge is 0.278 e. The van der Waals surface area contributed by atoms with E-state index in [-0.39, 0.29) is 17.9 Å². The molecule has 0 fully saturated rings. The number of nitrogens with two attached hydrogens (primary N) is 1. The summed E-state index contributed by atoms with van der Waals surface area (Å²) in [5, 5.41) is 2.75. The molecule has 0 radical (unpaired) electrons. The summed E-state index contributed by atoms with van der Waals surface area (Å²) in [6, 6.07) is 14.4. The van der Waals surface area contributed by atoms with Crippen molar-refractivity contribution in [1.29, 1.82) is 0 Å². The van der Waals surface area contributed by atoms with E-state index in [4.69, 9.17) is 15.0 Å².